The van der Waals surface area contributed by atoms with Crippen LogP contribution in [0, 0.1) is 5.82 Å². The minimum Gasteiger partial charge on any atom is -0.479 e. The number of aliphatic carboxylic acids is 1. The molecule has 1 atom stereocenters. The third kappa shape index (κ3) is 4.03. The number of ether oxygens (including phenoxy) is 1. The van der Waals surface area contributed by atoms with Gasteiger partial charge >= 0.3 is 5.97 Å². The molecule has 0 spiro atoms. The van der Waals surface area contributed by atoms with Crippen molar-refractivity contribution in [1.82, 2.24) is 5.32 Å². The van der Waals surface area contributed by atoms with E-state index < -0.39 is 23.2 Å². The highest BCUT2D eigenvalue weighted by Crippen LogP contribution is 2.21. The van der Waals surface area contributed by atoms with Crippen LogP contribution in [0.4, 0.5) is 4.39 Å². The van der Waals surface area contributed by atoms with Gasteiger partial charge in [0.25, 0.3) is 0 Å². The summed E-state index contributed by atoms with van der Waals surface area (Å²) in [5, 5.41) is 11.7. The van der Waals surface area contributed by atoms with Gasteiger partial charge in [0.05, 0.1) is 0 Å². The van der Waals surface area contributed by atoms with Crippen molar-refractivity contribution in [2.24, 2.45) is 0 Å². The third-order valence-corrected chi connectivity index (χ3v) is 2.82. The molecule has 1 aromatic carbocycles. The van der Waals surface area contributed by atoms with E-state index in [9.17, 15) is 19.1 Å². The van der Waals surface area contributed by atoms with E-state index in [1.807, 2.05) is 6.92 Å². The Morgan fingerprint density at radius 2 is 1.95 bits per heavy atom. The van der Waals surface area contributed by atoms with Gasteiger partial charge in [0.1, 0.15) is 12.4 Å². The highest BCUT2D eigenvalue weighted by Gasteiger charge is 2.36. The average molecular weight is 283 g/mol. The summed E-state index contributed by atoms with van der Waals surface area (Å²) in [7, 11) is 0. The van der Waals surface area contributed by atoms with Gasteiger partial charge in [0.15, 0.2) is 5.54 Å². The van der Waals surface area contributed by atoms with Gasteiger partial charge in [-0.2, -0.15) is 0 Å². The molecule has 6 heteroatoms. The van der Waals surface area contributed by atoms with Crippen LogP contribution in [0.15, 0.2) is 24.3 Å². The van der Waals surface area contributed by atoms with E-state index in [0.29, 0.717) is 6.61 Å². The smallest absolute Gasteiger partial charge is 0.333 e. The lowest BCUT2D eigenvalue weighted by Crippen LogP contribution is -2.50. The van der Waals surface area contributed by atoms with Crippen LogP contribution in [0.3, 0.4) is 0 Å². The van der Waals surface area contributed by atoms with Crippen molar-refractivity contribution in [2.45, 2.75) is 25.8 Å². The quantitative estimate of drug-likeness (QED) is 0.746. The molecule has 0 radical (unpaired) electrons. The van der Waals surface area contributed by atoms with Crippen LogP contribution in [0.5, 0.6) is 0 Å². The number of halogens is 1. The number of carbonyl (C=O) groups is 2. The van der Waals surface area contributed by atoms with E-state index in [4.69, 9.17) is 4.74 Å². The van der Waals surface area contributed by atoms with Crippen molar-refractivity contribution in [3.63, 3.8) is 0 Å². The molecule has 0 heterocycles. The fourth-order valence-electron chi connectivity index (χ4n) is 1.66. The number of carboxylic acid groups (broad SMARTS) is 1. The fraction of sp³-hybridized carbons (Fsp3) is 0.429. The predicted molar refractivity (Wildman–Crippen MR) is 70.6 cm³/mol. The van der Waals surface area contributed by atoms with Gasteiger partial charge in [-0.25, -0.2) is 9.18 Å². The van der Waals surface area contributed by atoms with Crippen molar-refractivity contribution in [3.05, 3.63) is 35.6 Å². The Kier molecular flexibility index (Phi) is 5.64. The molecule has 0 aliphatic rings. The Labute approximate surface area is 116 Å². The Morgan fingerprint density at radius 3 is 2.45 bits per heavy atom. The molecule has 2 N–H and O–H groups in total. The van der Waals surface area contributed by atoms with E-state index in [2.05, 4.69) is 5.32 Å². The van der Waals surface area contributed by atoms with E-state index in [1.165, 1.54) is 19.1 Å². The number of hydrogen-bond donors (Lipinski definition) is 2. The van der Waals surface area contributed by atoms with Gasteiger partial charge in [-0.1, -0.05) is 19.1 Å². The molecule has 0 aliphatic carbocycles. The molecule has 110 valence electrons. The zero-order valence-corrected chi connectivity index (χ0v) is 11.5. The highest BCUT2D eigenvalue weighted by atomic mass is 19.1. The number of nitrogens with one attached hydrogen (secondary N) is 1. The largest absolute Gasteiger partial charge is 0.479 e. The zero-order valence-electron chi connectivity index (χ0n) is 11.5. The first-order valence-corrected chi connectivity index (χ1v) is 6.28. The topological polar surface area (TPSA) is 75.6 Å². The van der Waals surface area contributed by atoms with Gasteiger partial charge in [-0.05, 0) is 31.0 Å². The number of benzene rings is 1. The maximum Gasteiger partial charge on any atom is 0.333 e. The molecule has 5 nitrogen and oxygen atoms in total. The van der Waals surface area contributed by atoms with E-state index in [1.54, 1.807) is 0 Å². The second-order valence-electron chi connectivity index (χ2n) is 4.54. The maximum absolute atomic E-state index is 12.9. The molecule has 0 bridgehead atoms. The van der Waals surface area contributed by atoms with Gasteiger partial charge in [-0.15, -0.1) is 0 Å². The van der Waals surface area contributed by atoms with Gasteiger partial charge < -0.3 is 15.2 Å². The molecule has 20 heavy (non-hydrogen) atoms. The molecule has 0 aliphatic heterocycles. The summed E-state index contributed by atoms with van der Waals surface area (Å²) >= 11 is 0. The van der Waals surface area contributed by atoms with Crippen molar-refractivity contribution in [3.8, 4) is 0 Å². The number of hydrogen-bond acceptors (Lipinski definition) is 3. The van der Waals surface area contributed by atoms with Crippen molar-refractivity contribution >= 4 is 11.9 Å². The minimum absolute atomic E-state index is 0.210. The highest BCUT2D eigenvalue weighted by molar-refractivity contribution is 5.88. The first kappa shape index (κ1) is 16.1. The summed E-state index contributed by atoms with van der Waals surface area (Å²) in [5.41, 5.74) is -1.34. The molecular weight excluding hydrogens is 265 g/mol. The fourth-order valence-corrected chi connectivity index (χ4v) is 1.66. The molecule has 0 aromatic heterocycles. The monoisotopic (exact) mass is 283 g/mol. The SMILES string of the molecule is CCCOCC(=O)NC(C)(C(=O)O)c1ccc(F)cc1. The van der Waals surface area contributed by atoms with Crippen LogP contribution < -0.4 is 5.32 Å². The average Bonchev–Trinajstić information content (AvgIpc) is 2.39. The van der Waals surface area contributed by atoms with Crippen molar-refractivity contribution in [2.75, 3.05) is 13.2 Å². The lowest BCUT2D eigenvalue weighted by Gasteiger charge is -2.26. The number of amides is 1. The Hall–Kier alpha value is -1.95. The summed E-state index contributed by atoms with van der Waals surface area (Å²) in [4.78, 5) is 23.1. The molecule has 1 amide bonds. The zero-order chi connectivity index (χ0) is 15.2. The summed E-state index contributed by atoms with van der Waals surface area (Å²) in [6.07, 6.45) is 0.765. The lowest BCUT2D eigenvalue weighted by atomic mass is 9.92. The molecule has 1 unspecified atom stereocenters. The molecule has 0 fully saturated rings. The Balaban J connectivity index is 2.84. The number of carboxylic acids is 1. The Morgan fingerprint density at radius 1 is 1.35 bits per heavy atom. The minimum atomic E-state index is -1.62. The second kappa shape index (κ2) is 7.00. The van der Waals surface area contributed by atoms with Gasteiger partial charge in [-0.3, -0.25) is 4.79 Å². The van der Waals surface area contributed by atoms with Crippen LogP contribution in [-0.4, -0.2) is 30.2 Å². The van der Waals surface area contributed by atoms with Gasteiger partial charge in [0, 0.05) is 6.61 Å². The van der Waals surface area contributed by atoms with Crippen LogP contribution >= 0.6 is 0 Å². The predicted octanol–water partition coefficient (Wildman–Crippen LogP) is 1.67. The molecule has 0 saturated heterocycles. The standard InChI is InChI=1S/C14H18FNO4/c1-3-8-20-9-12(17)16-14(2,13(18)19)10-4-6-11(15)7-5-10/h4-7H,3,8-9H2,1-2H3,(H,16,17)(H,18,19). The van der Waals surface area contributed by atoms with E-state index in [-0.39, 0.29) is 12.2 Å². The van der Waals surface area contributed by atoms with E-state index in [0.717, 1.165) is 18.6 Å². The summed E-state index contributed by atoms with van der Waals surface area (Å²) < 4.78 is 17.9. The number of carbonyl (C=O) groups excluding carboxylic acids is 1. The first-order chi connectivity index (χ1) is 9.40. The van der Waals surface area contributed by atoms with E-state index >= 15 is 0 Å². The van der Waals surface area contributed by atoms with Crippen LogP contribution in [-0.2, 0) is 19.9 Å². The van der Waals surface area contributed by atoms with Crippen LogP contribution in [0.25, 0.3) is 0 Å². The van der Waals surface area contributed by atoms with Crippen molar-refractivity contribution < 1.29 is 23.8 Å². The maximum atomic E-state index is 12.9. The third-order valence-electron chi connectivity index (χ3n) is 2.82. The van der Waals surface area contributed by atoms with Crippen molar-refractivity contribution in [1.29, 1.82) is 0 Å². The van der Waals surface area contributed by atoms with Crippen LogP contribution in [0.2, 0.25) is 0 Å². The summed E-state index contributed by atoms with van der Waals surface area (Å²) in [6, 6.07) is 4.96. The lowest BCUT2D eigenvalue weighted by molar-refractivity contribution is -0.148. The molecule has 1 rings (SSSR count). The second-order valence-corrected chi connectivity index (χ2v) is 4.54. The normalized spacial score (nSPS) is 13.6. The summed E-state index contributed by atoms with van der Waals surface area (Å²) in [5.74, 6) is -2.24. The van der Waals surface area contributed by atoms with Crippen LogP contribution in [0.1, 0.15) is 25.8 Å². The Bertz CT molecular complexity index is 475. The first-order valence-electron chi connectivity index (χ1n) is 6.28. The molecule has 0 saturated carbocycles. The molecular formula is C14H18FNO4. The van der Waals surface area contributed by atoms with Gasteiger partial charge in [0.2, 0.25) is 5.91 Å². The molecule has 1 aromatic rings. The number of rotatable bonds is 7. The summed E-state index contributed by atoms with van der Waals surface area (Å²) in [6.45, 7) is 3.46.